The molecule has 0 aliphatic carbocycles. The molecule has 1 N–H and O–H groups in total. The fourth-order valence-corrected chi connectivity index (χ4v) is 0.172. The summed E-state index contributed by atoms with van der Waals surface area (Å²) < 4.78 is 4.06. The molecule has 0 amide bonds. The molecule has 0 aromatic heterocycles. The fraction of sp³-hybridized carbons (Fsp3) is 0.500. The van der Waals surface area contributed by atoms with Crippen LogP contribution in [0.3, 0.4) is 0 Å². The first kappa shape index (κ1) is 11.1. The zero-order valence-electron chi connectivity index (χ0n) is 5.05. The summed E-state index contributed by atoms with van der Waals surface area (Å²) in [5.74, 6) is 0. The van der Waals surface area contributed by atoms with Crippen LogP contribution in [-0.4, -0.2) is 17.4 Å². The summed E-state index contributed by atoms with van der Waals surface area (Å²) in [6.07, 6.45) is -1.75. The van der Waals surface area contributed by atoms with E-state index in [0.29, 0.717) is 0 Å². The van der Waals surface area contributed by atoms with E-state index in [1.165, 1.54) is 0 Å². The molecular weight excluding hydrogens is 119 g/mol. The first-order chi connectivity index (χ1) is 3.13. The van der Waals surface area contributed by atoms with Crippen molar-refractivity contribution in [3.63, 3.8) is 0 Å². The van der Waals surface area contributed by atoms with Gasteiger partial charge in [0.05, 0.1) is 0 Å². The maximum atomic E-state index is 9.55. The van der Waals surface area contributed by atoms with Crippen LogP contribution < -0.4 is 29.6 Å². The summed E-state index contributed by atoms with van der Waals surface area (Å²) in [4.78, 5) is 9.55. The Bertz CT molecular complexity index is 71.7. The zero-order chi connectivity index (χ0) is 5.86. The van der Waals surface area contributed by atoms with Crippen molar-refractivity contribution >= 4 is 6.16 Å². The number of carbonyl (C=O) groups is 1. The summed E-state index contributed by atoms with van der Waals surface area (Å²) in [5.41, 5.74) is 0. The predicted octanol–water partition coefficient (Wildman–Crippen LogP) is -2.09. The van der Waals surface area contributed by atoms with E-state index < -0.39 is 12.3 Å². The molecule has 0 aliphatic rings. The summed E-state index contributed by atoms with van der Waals surface area (Å²) in [6.45, 7) is 4.83. The maximum Gasteiger partial charge on any atom is 1.00 e. The van der Waals surface area contributed by atoms with Crippen molar-refractivity contribution in [2.45, 2.75) is 13.0 Å². The molecule has 0 heterocycles. The molecule has 0 saturated heterocycles. The maximum absolute atomic E-state index is 9.55. The van der Waals surface area contributed by atoms with Gasteiger partial charge in [0.25, 0.3) is 0 Å². The minimum absolute atomic E-state index is 0. The van der Waals surface area contributed by atoms with Crippen molar-refractivity contribution in [3.05, 3.63) is 6.92 Å². The molecule has 0 aromatic rings. The van der Waals surface area contributed by atoms with Gasteiger partial charge in [-0.1, -0.05) is 6.92 Å². The number of ether oxygens (including phenoxy) is 1. The Morgan fingerprint density at radius 3 is 2.25 bits per heavy atom. The van der Waals surface area contributed by atoms with Gasteiger partial charge in [-0.2, -0.15) is 0 Å². The molecule has 0 fully saturated rings. The van der Waals surface area contributed by atoms with Crippen molar-refractivity contribution in [2.75, 3.05) is 0 Å². The Hall–Kier alpha value is 0.270. The minimum Gasteiger partial charge on any atom is -0.465 e. The third kappa shape index (κ3) is 9.55. The second-order valence-corrected chi connectivity index (χ2v) is 1.19. The Morgan fingerprint density at radius 2 is 2.25 bits per heavy atom. The number of hydrogen-bond donors (Lipinski definition) is 1. The van der Waals surface area contributed by atoms with Crippen LogP contribution >= 0.6 is 0 Å². The Balaban J connectivity index is 0. The van der Waals surface area contributed by atoms with Gasteiger partial charge in [-0.05, 0) is 6.10 Å². The van der Waals surface area contributed by atoms with Crippen LogP contribution in [0, 0.1) is 6.92 Å². The van der Waals surface area contributed by atoms with Crippen LogP contribution in [0.25, 0.3) is 0 Å². The average molecular weight is 126 g/mol. The predicted molar refractivity (Wildman–Crippen MR) is 23.9 cm³/mol. The molecule has 0 radical (unpaired) electrons. The van der Waals surface area contributed by atoms with Gasteiger partial charge < -0.3 is 16.8 Å². The molecule has 0 spiro atoms. The van der Waals surface area contributed by atoms with Gasteiger partial charge in [0.2, 0.25) is 0 Å². The van der Waals surface area contributed by atoms with Crippen molar-refractivity contribution in [2.24, 2.45) is 0 Å². The number of hydrogen-bond acceptors (Lipinski definition) is 2. The van der Waals surface area contributed by atoms with E-state index in [1.54, 1.807) is 6.92 Å². The van der Waals surface area contributed by atoms with Gasteiger partial charge in [0.15, 0.2) is 0 Å². The summed E-state index contributed by atoms with van der Waals surface area (Å²) in [5, 5.41) is 7.82. The van der Waals surface area contributed by atoms with E-state index >= 15 is 0 Å². The van der Waals surface area contributed by atoms with Gasteiger partial charge >= 0.3 is 35.7 Å². The fourth-order valence-electron chi connectivity index (χ4n) is 0.172. The Labute approximate surface area is 70.3 Å². The van der Waals surface area contributed by atoms with E-state index in [9.17, 15) is 4.79 Å². The van der Waals surface area contributed by atoms with Gasteiger partial charge in [0, 0.05) is 0 Å². The molecular formula is C4H7NaO3. The smallest absolute Gasteiger partial charge is 0.465 e. The van der Waals surface area contributed by atoms with E-state index in [-0.39, 0.29) is 29.6 Å². The minimum atomic E-state index is -1.28. The van der Waals surface area contributed by atoms with Crippen molar-refractivity contribution in [1.29, 1.82) is 0 Å². The van der Waals surface area contributed by atoms with E-state index in [4.69, 9.17) is 5.11 Å². The molecule has 1 unspecified atom stereocenters. The molecule has 0 saturated carbocycles. The largest absolute Gasteiger partial charge is 1.00 e. The SMILES string of the molecule is [CH2-]C(C)OC(=O)O.[Na+]. The third-order valence-corrected chi connectivity index (χ3v) is 0.302. The van der Waals surface area contributed by atoms with Crippen LogP contribution in [0.1, 0.15) is 6.92 Å². The van der Waals surface area contributed by atoms with Gasteiger partial charge in [-0.3, -0.25) is 0 Å². The Morgan fingerprint density at radius 1 is 1.88 bits per heavy atom. The third-order valence-electron chi connectivity index (χ3n) is 0.302. The molecule has 8 heavy (non-hydrogen) atoms. The van der Waals surface area contributed by atoms with Crippen LogP contribution in [-0.2, 0) is 4.74 Å². The Kier molecular flexibility index (Phi) is 7.52. The van der Waals surface area contributed by atoms with Gasteiger partial charge in [-0.25, -0.2) is 4.79 Å². The molecule has 42 valence electrons. The molecule has 0 aliphatic heterocycles. The monoisotopic (exact) mass is 126 g/mol. The summed E-state index contributed by atoms with van der Waals surface area (Å²) >= 11 is 0. The first-order valence-electron chi connectivity index (χ1n) is 1.85. The van der Waals surface area contributed by atoms with Gasteiger partial charge in [-0.15, -0.1) is 0 Å². The molecule has 0 rings (SSSR count). The molecule has 1 atom stereocenters. The second-order valence-electron chi connectivity index (χ2n) is 1.19. The van der Waals surface area contributed by atoms with Crippen LogP contribution in [0.15, 0.2) is 0 Å². The number of rotatable bonds is 1. The topological polar surface area (TPSA) is 46.5 Å². The van der Waals surface area contributed by atoms with Crippen molar-refractivity contribution in [3.8, 4) is 0 Å². The average Bonchev–Trinajstić information content (AvgIpc) is 1.27. The van der Waals surface area contributed by atoms with Crippen LogP contribution in [0.4, 0.5) is 4.79 Å². The zero-order valence-corrected chi connectivity index (χ0v) is 7.05. The second kappa shape index (κ2) is 5.41. The van der Waals surface area contributed by atoms with E-state index in [0.717, 1.165) is 0 Å². The molecule has 0 aromatic carbocycles. The summed E-state index contributed by atoms with van der Waals surface area (Å²) in [6, 6.07) is 0. The van der Waals surface area contributed by atoms with Crippen molar-refractivity contribution < 1.29 is 44.2 Å². The quantitative estimate of drug-likeness (QED) is 0.249. The van der Waals surface area contributed by atoms with Crippen molar-refractivity contribution in [1.82, 2.24) is 0 Å². The van der Waals surface area contributed by atoms with E-state index in [1.807, 2.05) is 0 Å². The first-order valence-corrected chi connectivity index (χ1v) is 1.85. The number of carboxylic acid groups (broad SMARTS) is 1. The molecule has 4 heteroatoms. The summed E-state index contributed by atoms with van der Waals surface area (Å²) in [7, 11) is 0. The molecule has 3 nitrogen and oxygen atoms in total. The van der Waals surface area contributed by atoms with Gasteiger partial charge in [0.1, 0.15) is 0 Å². The molecule has 0 bridgehead atoms. The standard InChI is InChI=1S/C4H7O3.Na/c1-3(2)7-4(5)6;/h3H,1H2,2H3,(H,5,6);/q-1;+1. The van der Waals surface area contributed by atoms with Crippen LogP contribution in [0.5, 0.6) is 0 Å². The van der Waals surface area contributed by atoms with E-state index in [2.05, 4.69) is 11.7 Å². The van der Waals surface area contributed by atoms with Crippen LogP contribution in [0.2, 0.25) is 0 Å². The normalized spacial score (nSPS) is 11.2.